The van der Waals surface area contributed by atoms with Gasteiger partial charge >= 0.3 is 0 Å². The quantitative estimate of drug-likeness (QED) is 0.866. The van der Waals surface area contributed by atoms with Gasteiger partial charge in [0.1, 0.15) is 11.6 Å². The first-order chi connectivity index (χ1) is 8.13. The number of aromatic hydroxyl groups is 1. The molecule has 0 unspecified atom stereocenters. The number of phenols is 1. The van der Waals surface area contributed by atoms with Crippen LogP contribution < -0.4 is 4.74 Å². The van der Waals surface area contributed by atoms with Gasteiger partial charge in [-0.05, 0) is 18.2 Å². The first-order valence-corrected chi connectivity index (χ1v) is 4.95. The zero-order valence-corrected chi connectivity index (χ0v) is 9.08. The summed E-state index contributed by atoms with van der Waals surface area (Å²) < 4.78 is 31.6. The fourth-order valence-corrected chi connectivity index (χ4v) is 1.61. The molecule has 0 radical (unpaired) electrons. The van der Waals surface area contributed by atoms with Crippen LogP contribution >= 0.6 is 0 Å². The summed E-state index contributed by atoms with van der Waals surface area (Å²) in [5.41, 5.74) is 0.393. The predicted molar refractivity (Wildman–Crippen MR) is 60.0 cm³/mol. The zero-order valence-electron chi connectivity index (χ0n) is 9.08. The Balaban J connectivity index is 2.60. The molecule has 1 N–H and O–H groups in total. The second kappa shape index (κ2) is 4.41. The molecule has 0 bridgehead atoms. The van der Waals surface area contributed by atoms with Crippen molar-refractivity contribution in [1.29, 1.82) is 0 Å². The Morgan fingerprint density at radius 2 is 1.82 bits per heavy atom. The number of hydrogen-bond donors (Lipinski definition) is 1. The highest BCUT2D eigenvalue weighted by Gasteiger charge is 2.13. The van der Waals surface area contributed by atoms with Crippen molar-refractivity contribution in [3.8, 4) is 22.6 Å². The summed E-state index contributed by atoms with van der Waals surface area (Å²) >= 11 is 0. The first-order valence-electron chi connectivity index (χ1n) is 4.95. The van der Waals surface area contributed by atoms with Crippen molar-refractivity contribution in [3.05, 3.63) is 48.0 Å². The smallest absolute Gasteiger partial charge is 0.172 e. The summed E-state index contributed by atoms with van der Waals surface area (Å²) in [5, 5.41) is 9.59. The van der Waals surface area contributed by atoms with Crippen LogP contribution in [0.4, 0.5) is 8.78 Å². The topological polar surface area (TPSA) is 29.5 Å². The van der Waals surface area contributed by atoms with Crippen LogP contribution in [0.1, 0.15) is 0 Å². The Hall–Kier alpha value is -2.10. The molecule has 2 nitrogen and oxygen atoms in total. The zero-order chi connectivity index (χ0) is 12.4. The SMILES string of the molecule is COc1cccc(-c2ccc(F)cc2O)c1F. The minimum Gasteiger partial charge on any atom is -0.507 e. The lowest BCUT2D eigenvalue weighted by Gasteiger charge is -2.09. The molecule has 0 aliphatic rings. The van der Waals surface area contributed by atoms with E-state index in [0.29, 0.717) is 0 Å². The monoisotopic (exact) mass is 236 g/mol. The largest absolute Gasteiger partial charge is 0.507 e. The van der Waals surface area contributed by atoms with Gasteiger partial charge in [0.2, 0.25) is 0 Å². The van der Waals surface area contributed by atoms with Crippen molar-refractivity contribution in [2.24, 2.45) is 0 Å². The summed E-state index contributed by atoms with van der Waals surface area (Å²) in [4.78, 5) is 0. The Bertz CT molecular complexity index is 553. The molecule has 0 saturated carbocycles. The van der Waals surface area contributed by atoms with Gasteiger partial charge in [-0.3, -0.25) is 0 Å². The van der Waals surface area contributed by atoms with Crippen LogP contribution in [0.15, 0.2) is 36.4 Å². The summed E-state index contributed by atoms with van der Waals surface area (Å²) in [6.07, 6.45) is 0. The highest BCUT2D eigenvalue weighted by Crippen LogP contribution is 2.34. The standard InChI is InChI=1S/C13H10F2O2/c1-17-12-4-2-3-10(13(12)15)9-6-5-8(14)7-11(9)16/h2-7,16H,1H3. The Morgan fingerprint density at radius 1 is 1.06 bits per heavy atom. The maximum Gasteiger partial charge on any atom is 0.172 e. The van der Waals surface area contributed by atoms with E-state index in [9.17, 15) is 13.9 Å². The molecule has 0 atom stereocenters. The number of rotatable bonds is 2. The third-order valence-electron chi connectivity index (χ3n) is 2.43. The molecular weight excluding hydrogens is 226 g/mol. The van der Waals surface area contributed by atoms with Gasteiger partial charge in [-0.1, -0.05) is 12.1 Å². The van der Waals surface area contributed by atoms with Gasteiger partial charge in [0, 0.05) is 17.2 Å². The van der Waals surface area contributed by atoms with E-state index in [1.165, 1.54) is 25.3 Å². The van der Waals surface area contributed by atoms with Crippen LogP contribution in [-0.4, -0.2) is 12.2 Å². The van der Waals surface area contributed by atoms with Gasteiger partial charge in [0.25, 0.3) is 0 Å². The van der Waals surface area contributed by atoms with Gasteiger partial charge in [0.15, 0.2) is 11.6 Å². The van der Waals surface area contributed by atoms with Gasteiger partial charge < -0.3 is 9.84 Å². The molecule has 2 aromatic carbocycles. The molecule has 0 saturated heterocycles. The molecule has 0 fully saturated rings. The summed E-state index contributed by atoms with van der Waals surface area (Å²) in [6, 6.07) is 7.98. The van der Waals surface area contributed by atoms with E-state index in [4.69, 9.17) is 4.74 Å². The Labute approximate surface area is 97.1 Å². The molecular formula is C13H10F2O2. The second-order valence-corrected chi connectivity index (χ2v) is 3.48. The van der Waals surface area contributed by atoms with E-state index in [1.807, 2.05) is 0 Å². The molecule has 2 rings (SSSR count). The number of benzene rings is 2. The van der Waals surface area contributed by atoms with Crippen molar-refractivity contribution in [1.82, 2.24) is 0 Å². The number of hydrogen-bond acceptors (Lipinski definition) is 2. The highest BCUT2D eigenvalue weighted by atomic mass is 19.1. The van der Waals surface area contributed by atoms with Crippen LogP contribution in [0.3, 0.4) is 0 Å². The van der Waals surface area contributed by atoms with E-state index in [1.54, 1.807) is 6.07 Å². The number of phenolic OH excluding ortho intramolecular Hbond substituents is 1. The third kappa shape index (κ3) is 2.06. The Kier molecular flexibility index (Phi) is 2.95. The van der Waals surface area contributed by atoms with Crippen molar-refractivity contribution < 1.29 is 18.6 Å². The van der Waals surface area contributed by atoms with Crippen molar-refractivity contribution in [3.63, 3.8) is 0 Å². The van der Waals surface area contributed by atoms with Gasteiger partial charge in [0.05, 0.1) is 7.11 Å². The van der Waals surface area contributed by atoms with Crippen LogP contribution in [-0.2, 0) is 0 Å². The average molecular weight is 236 g/mol. The van der Waals surface area contributed by atoms with Gasteiger partial charge in [-0.15, -0.1) is 0 Å². The second-order valence-electron chi connectivity index (χ2n) is 3.48. The van der Waals surface area contributed by atoms with Crippen LogP contribution in [0.25, 0.3) is 11.1 Å². The van der Waals surface area contributed by atoms with Gasteiger partial charge in [-0.25, -0.2) is 8.78 Å². The van der Waals surface area contributed by atoms with Crippen molar-refractivity contribution in [2.45, 2.75) is 0 Å². The van der Waals surface area contributed by atoms with Crippen LogP contribution in [0.5, 0.6) is 11.5 Å². The van der Waals surface area contributed by atoms with Crippen LogP contribution in [0.2, 0.25) is 0 Å². The summed E-state index contributed by atoms with van der Waals surface area (Å²) in [5.74, 6) is -1.39. The molecule has 17 heavy (non-hydrogen) atoms. The molecule has 0 amide bonds. The fraction of sp³-hybridized carbons (Fsp3) is 0.0769. The number of halogens is 2. The number of ether oxygens (including phenoxy) is 1. The third-order valence-corrected chi connectivity index (χ3v) is 2.43. The van der Waals surface area contributed by atoms with E-state index < -0.39 is 11.6 Å². The normalized spacial score (nSPS) is 10.3. The number of methoxy groups -OCH3 is 1. The summed E-state index contributed by atoms with van der Waals surface area (Å²) in [6.45, 7) is 0. The Morgan fingerprint density at radius 3 is 2.47 bits per heavy atom. The first kappa shape index (κ1) is 11.4. The lowest BCUT2D eigenvalue weighted by molar-refractivity contribution is 0.387. The molecule has 88 valence electrons. The molecule has 0 spiro atoms. The average Bonchev–Trinajstić information content (AvgIpc) is 2.30. The van der Waals surface area contributed by atoms with E-state index in [2.05, 4.69) is 0 Å². The molecule has 0 heterocycles. The lowest BCUT2D eigenvalue weighted by atomic mass is 10.0. The van der Waals surface area contributed by atoms with Crippen molar-refractivity contribution >= 4 is 0 Å². The van der Waals surface area contributed by atoms with E-state index in [0.717, 1.165) is 12.1 Å². The van der Waals surface area contributed by atoms with Gasteiger partial charge in [-0.2, -0.15) is 0 Å². The maximum atomic E-state index is 13.9. The van der Waals surface area contributed by atoms with Crippen LogP contribution in [0, 0.1) is 11.6 Å². The summed E-state index contributed by atoms with van der Waals surface area (Å²) in [7, 11) is 1.35. The minimum atomic E-state index is -0.586. The maximum absolute atomic E-state index is 13.9. The predicted octanol–water partition coefficient (Wildman–Crippen LogP) is 3.35. The lowest BCUT2D eigenvalue weighted by Crippen LogP contribution is -1.91. The highest BCUT2D eigenvalue weighted by molar-refractivity contribution is 5.71. The minimum absolute atomic E-state index is 0.0752. The van der Waals surface area contributed by atoms with Crippen molar-refractivity contribution in [2.75, 3.05) is 7.11 Å². The molecule has 2 aromatic rings. The molecule has 0 aromatic heterocycles. The molecule has 0 aliphatic carbocycles. The van der Waals surface area contributed by atoms with E-state index >= 15 is 0 Å². The van der Waals surface area contributed by atoms with E-state index in [-0.39, 0.29) is 22.6 Å². The molecule has 4 heteroatoms. The molecule has 0 aliphatic heterocycles. The fourth-order valence-electron chi connectivity index (χ4n) is 1.61.